The van der Waals surface area contributed by atoms with E-state index < -0.39 is 6.10 Å². The molecule has 0 bridgehead atoms. The Kier molecular flexibility index (Phi) is 6.62. The Labute approximate surface area is 151 Å². The van der Waals surface area contributed by atoms with Crippen molar-refractivity contribution in [3.63, 3.8) is 0 Å². The Morgan fingerprint density at radius 2 is 1.64 bits per heavy atom. The van der Waals surface area contributed by atoms with Crippen LogP contribution in [0.4, 0.5) is 0 Å². The maximum atomic E-state index is 10.5. The Morgan fingerprint density at radius 3 is 2.20 bits per heavy atom. The van der Waals surface area contributed by atoms with Gasteiger partial charge >= 0.3 is 0 Å². The van der Waals surface area contributed by atoms with Crippen molar-refractivity contribution in [1.82, 2.24) is 4.90 Å². The fourth-order valence-corrected chi connectivity index (χ4v) is 3.65. The smallest absolute Gasteiger partial charge is 0.108 e. The predicted molar refractivity (Wildman–Crippen MR) is 102 cm³/mol. The zero-order valence-corrected chi connectivity index (χ0v) is 15.1. The summed E-state index contributed by atoms with van der Waals surface area (Å²) in [6, 6.07) is 20.5. The van der Waals surface area contributed by atoms with Gasteiger partial charge in [0.15, 0.2) is 0 Å². The lowest BCUT2D eigenvalue weighted by atomic mass is 10.00. The largest absolute Gasteiger partial charge is 0.389 e. The second-order valence-electron chi connectivity index (χ2n) is 7.20. The molecule has 1 fully saturated rings. The van der Waals surface area contributed by atoms with Gasteiger partial charge in [-0.25, -0.2) is 0 Å². The van der Waals surface area contributed by atoms with Gasteiger partial charge in [-0.05, 0) is 36.4 Å². The maximum absolute atomic E-state index is 10.5. The SMILES string of the molecule is C[C@H]1CCCN(C[C@@H](O)COC(c2ccccc2)c2ccccc2)C1. The minimum absolute atomic E-state index is 0.141. The number of benzene rings is 2. The summed E-state index contributed by atoms with van der Waals surface area (Å²) in [5, 5.41) is 10.5. The van der Waals surface area contributed by atoms with Crippen LogP contribution in [0.25, 0.3) is 0 Å². The van der Waals surface area contributed by atoms with Gasteiger partial charge in [-0.15, -0.1) is 0 Å². The molecule has 0 amide bonds. The van der Waals surface area contributed by atoms with Crippen LogP contribution >= 0.6 is 0 Å². The fourth-order valence-electron chi connectivity index (χ4n) is 3.65. The first kappa shape index (κ1) is 18.1. The second kappa shape index (κ2) is 9.14. The highest BCUT2D eigenvalue weighted by atomic mass is 16.5. The van der Waals surface area contributed by atoms with E-state index in [1.807, 2.05) is 36.4 Å². The molecule has 3 rings (SSSR count). The van der Waals surface area contributed by atoms with Crippen LogP contribution in [0.3, 0.4) is 0 Å². The average molecular weight is 339 g/mol. The topological polar surface area (TPSA) is 32.7 Å². The monoisotopic (exact) mass is 339 g/mol. The number of aliphatic hydroxyl groups is 1. The molecule has 2 atom stereocenters. The van der Waals surface area contributed by atoms with Crippen molar-refractivity contribution >= 4 is 0 Å². The molecule has 1 N–H and O–H groups in total. The van der Waals surface area contributed by atoms with Gasteiger partial charge in [0, 0.05) is 13.1 Å². The molecular formula is C22H29NO2. The molecule has 3 heteroatoms. The van der Waals surface area contributed by atoms with E-state index >= 15 is 0 Å². The Hall–Kier alpha value is -1.68. The maximum Gasteiger partial charge on any atom is 0.108 e. The van der Waals surface area contributed by atoms with E-state index in [0.29, 0.717) is 13.2 Å². The number of aliphatic hydroxyl groups excluding tert-OH is 1. The van der Waals surface area contributed by atoms with Crippen molar-refractivity contribution in [3.8, 4) is 0 Å². The minimum atomic E-state index is -0.458. The van der Waals surface area contributed by atoms with Gasteiger partial charge in [0.25, 0.3) is 0 Å². The highest BCUT2D eigenvalue weighted by Crippen LogP contribution is 2.26. The summed E-state index contributed by atoms with van der Waals surface area (Å²) < 4.78 is 6.17. The van der Waals surface area contributed by atoms with E-state index in [9.17, 15) is 5.11 Å². The molecule has 1 heterocycles. The number of nitrogens with zero attached hydrogens (tertiary/aromatic N) is 1. The summed E-state index contributed by atoms with van der Waals surface area (Å²) in [6.45, 7) is 5.50. The van der Waals surface area contributed by atoms with Crippen LogP contribution in [-0.4, -0.2) is 42.4 Å². The van der Waals surface area contributed by atoms with Gasteiger partial charge in [0.05, 0.1) is 12.7 Å². The standard InChI is InChI=1S/C22H29NO2/c1-18-9-8-14-23(15-18)16-21(24)17-25-22(19-10-4-2-5-11-19)20-12-6-3-7-13-20/h2-7,10-13,18,21-22,24H,8-9,14-17H2,1H3/t18-,21+/m0/s1. The summed E-state index contributed by atoms with van der Waals surface area (Å²) in [7, 11) is 0. The highest BCUT2D eigenvalue weighted by Gasteiger charge is 2.21. The molecule has 134 valence electrons. The van der Waals surface area contributed by atoms with E-state index in [2.05, 4.69) is 36.1 Å². The first-order chi connectivity index (χ1) is 12.2. The van der Waals surface area contributed by atoms with Gasteiger partial charge in [-0.2, -0.15) is 0 Å². The van der Waals surface area contributed by atoms with E-state index in [-0.39, 0.29) is 6.10 Å². The normalized spacial score (nSPS) is 19.9. The molecule has 0 aromatic heterocycles. The molecule has 2 aromatic rings. The molecule has 25 heavy (non-hydrogen) atoms. The lowest BCUT2D eigenvalue weighted by molar-refractivity contribution is -0.0129. The van der Waals surface area contributed by atoms with Crippen LogP contribution in [0.15, 0.2) is 60.7 Å². The number of ether oxygens (including phenoxy) is 1. The second-order valence-corrected chi connectivity index (χ2v) is 7.20. The molecule has 0 spiro atoms. The number of piperidine rings is 1. The molecular weight excluding hydrogens is 310 g/mol. The van der Waals surface area contributed by atoms with Crippen molar-refractivity contribution in [1.29, 1.82) is 0 Å². The number of hydrogen-bond acceptors (Lipinski definition) is 3. The molecule has 1 aliphatic rings. The number of likely N-dealkylation sites (tertiary alicyclic amines) is 1. The summed E-state index contributed by atoms with van der Waals surface area (Å²) in [5.74, 6) is 0.725. The minimum Gasteiger partial charge on any atom is -0.389 e. The van der Waals surface area contributed by atoms with E-state index in [0.717, 1.165) is 30.1 Å². The molecule has 1 saturated heterocycles. The summed E-state index contributed by atoms with van der Waals surface area (Å²) in [4.78, 5) is 2.36. The number of rotatable bonds is 7. The van der Waals surface area contributed by atoms with Crippen molar-refractivity contribution < 1.29 is 9.84 Å². The quantitative estimate of drug-likeness (QED) is 0.831. The predicted octanol–water partition coefficient (Wildman–Crippen LogP) is 3.89. The lowest BCUT2D eigenvalue weighted by Crippen LogP contribution is -2.41. The first-order valence-corrected chi connectivity index (χ1v) is 9.34. The molecule has 0 aliphatic carbocycles. The molecule has 0 radical (unpaired) electrons. The van der Waals surface area contributed by atoms with E-state index in [4.69, 9.17) is 4.74 Å². The van der Waals surface area contributed by atoms with Crippen molar-refractivity contribution in [2.24, 2.45) is 5.92 Å². The Morgan fingerprint density at radius 1 is 1.04 bits per heavy atom. The lowest BCUT2D eigenvalue weighted by Gasteiger charge is -2.32. The molecule has 0 saturated carbocycles. The van der Waals surface area contributed by atoms with Crippen LogP contribution in [0, 0.1) is 5.92 Å². The van der Waals surface area contributed by atoms with E-state index in [1.54, 1.807) is 0 Å². The first-order valence-electron chi connectivity index (χ1n) is 9.34. The van der Waals surface area contributed by atoms with Crippen LogP contribution < -0.4 is 0 Å². The van der Waals surface area contributed by atoms with Crippen LogP contribution in [0.2, 0.25) is 0 Å². The van der Waals surface area contributed by atoms with Crippen molar-refractivity contribution in [3.05, 3.63) is 71.8 Å². The summed E-state index contributed by atoms with van der Waals surface area (Å²) >= 11 is 0. The Balaban J connectivity index is 1.61. The molecule has 3 nitrogen and oxygen atoms in total. The summed E-state index contributed by atoms with van der Waals surface area (Å²) in [5.41, 5.74) is 2.24. The van der Waals surface area contributed by atoms with Gasteiger partial charge in [-0.1, -0.05) is 67.6 Å². The average Bonchev–Trinajstić information content (AvgIpc) is 2.64. The van der Waals surface area contributed by atoms with Gasteiger partial charge in [-0.3, -0.25) is 0 Å². The zero-order valence-electron chi connectivity index (χ0n) is 15.1. The molecule has 2 aromatic carbocycles. The number of hydrogen-bond donors (Lipinski definition) is 1. The third-order valence-corrected chi connectivity index (χ3v) is 4.87. The summed E-state index contributed by atoms with van der Waals surface area (Å²) in [6.07, 6.45) is 1.93. The highest BCUT2D eigenvalue weighted by molar-refractivity contribution is 5.29. The Bertz CT molecular complexity index is 577. The molecule has 1 aliphatic heterocycles. The van der Waals surface area contributed by atoms with Gasteiger partial charge < -0.3 is 14.7 Å². The number of β-amino-alcohol motifs (C(OH)–C–C–N with tert-alkyl or cyclic N) is 1. The van der Waals surface area contributed by atoms with Crippen molar-refractivity contribution in [2.75, 3.05) is 26.2 Å². The molecule has 0 unspecified atom stereocenters. The fraction of sp³-hybridized carbons (Fsp3) is 0.455. The van der Waals surface area contributed by atoms with Crippen LogP contribution in [0.5, 0.6) is 0 Å². The van der Waals surface area contributed by atoms with Crippen molar-refractivity contribution in [2.45, 2.75) is 32.0 Å². The van der Waals surface area contributed by atoms with Gasteiger partial charge in [0.2, 0.25) is 0 Å². The van der Waals surface area contributed by atoms with Crippen LogP contribution in [-0.2, 0) is 4.74 Å². The van der Waals surface area contributed by atoms with E-state index in [1.165, 1.54) is 12.8 Å². The van der Waals surface area contributed by atoms with Gasteiger partial charge in [0.1, 0.15) is 6.10 Å². The third kappa shape index (κ3) is 5.40. The third-order valence-electron chi connectivity index (χ3n) is 4.87. The van der Waals surface area contributed by atoms with Crippen LogP contribution in [0.1, 0.15) is 37.0 Å². The zero-order chi connectivity index (χ0) is 17.5.